The number of carbonyl (C=O) groups is 1. The number of nitrogen functional groups attached to an aromatic ring is 1. The minimum absolute atomic E-state index is 0.158. The largest absolute Gasteiger partial charge is 0.508 e. The average molecular weight is 334 g/mol. The number of aryl methyl sites for hydroxylation is 1. The van der Waals surface area contributed by atoms with E-state index in [4.69, 9.17) is 16.5 Å². The molecule has 126 valence electrons. The summed E-state index contributed by atoms with van der Waals surface area (Å²) in [4.78, 5) is 16.8. The van der Waals surface area contributed by atoms with Gasteiger partial charge in [-0.15, -0.1) is 0 Å². The van der Waals surface area contributed by atoms with Crippen molar-refractivity contribution in [1.82, 2.24) is 9.55 Å². The molecule has 2 heterocycles. The first kappa shape index (κ1) is 15.3. The van der Waals surface area contributed by atoms with Crippen LogP contribution >= 0.6 is 0 Å². The van der Waals surface area contributed by atoms with E-state index in [9.17, 15) is 9.90 Å². The molecular formula is C19H18N4O2. The molecule has 4 rings (SSSR count). The molecule has 0 fully saturated rings. The highest BCUT2D eigenvalue weighted by Gasteiger charge is 2.25. The summed E-state index contributed by atoms with van der Waals surface area (Å²) in [7, 11) is 0. The van der Waals surface area contributed by atoms with Crippen molar-refractivity contribution in [3.8, 4) is 11.4 Å². The van der Waals surface area contributed by atoms with Crippen LogP contribution in [0.2, 0.25) is 0 Å². The number of carbonyl (C=O) groups excluding carboxylic acids is 1. The lowest BCUT2D eigenvalue weighted by atomic mass is 10.1. The number of aromatic nitrogens is 2. The lowest BCUT2D eigenvalue weighted by Gasteiger charge is -2.15. The van der Waals surface area contributed by atoms with E-state index in [1.165, 1.54) is 0 Å². The Balaban J connectivity index is 2.18. The molecule has 0 spiro atoms. The maximum Gasteiger partial charge on any atom is 0.253 e. The van der Waals surface area contributed by atoms with Crippen LogP contribution in [0.3, 0.4) is 0 Å². The minimum Gasteiger partial charge on any atom is -0.508 e. The minimum atomic E-state index is -0.597. The Labute approximate surface area is 144 Å². The molecule has 1 aliphatic carbocycles. The van der Waals surface area contributed by atoms with Crippen LogP contribution in [0.4, 0.5) is 5.82 Å². The highest BCUT2D eigenvalue weighted by molar-refractivity contribution is 6.11. The van der Waals surface area contributed by atoms with Gasteiger partial charge in [-0.3, -0.25) is 9.36 Å². The third kappa shape index (κ3) is 2.04. The lowest BCUT2D eigenvalue weighted by molar-refractivity contribution is 0.100. The number of benzene rings is 1. The molecule has 1 aromatic carbocycles. The lowest BCUT2D eigenvalue weighted by Crippen LogP contribution is -2.14. The summed E-state index contributed by atoms with van der Waals surface area (Å²) in [5.41, 5.74) is 16.9. The molecule has 0 radical (unpaired) electrons. The zero-order valence-electron chi connectivity index (χ0n) is 14.0. The number of hydrogen-bond acceptors (Lipinski definition) is 4. The fourth-order valence-electron chi connectivity index (χ4n) is 3.53. The molecule has 25 heavy (non-hydrogen) atoms. The summed E-state index contributed by atoms with van der Waals surface area (Å²) in [6.45, 7) is 3.73. The van der Waals surface area contributed by atoms with Crippen LogP contribution < -0.4 is 11.5 Å². The number of phenols is 1. The molecule has 1 aliphatic rings. The van der Waals surface area contributed by atoms with E-state index in [0.717, 1.165) is 23.2 Å². The third-order valence-corrected chi connectivity index (χ3v) is 4.78. The summed E-state index contributed by atoms with van der Waals surface area (Å²) < 4.78 is 1.72. The van der Waals surface area contributed by atoms with E-state index in [0.29, 0.717) is 22.3 Å². The second-order valence-electron chi connectivity index (χ2n) is 6.34. The molecule has 6 heteroatoms. The SMILES string of the molecule is Cc1ccc(O)c(C)c1-n1c(N)c(C(N)=O)c2cc3c(nc21)CC=C3. The number of aromatic hydroxyl groups is 1. The van der Waals surface area contributed by atoms with Gasteiger partial charge < -0.3 is 16.6 Å². The third-order valence-electron chi connectivity index (χ3n) is 4.78. The number of amides is 1. The van der Waals surface area contributed by atoms with E-state index in [-0.39, 0.29) is 17.1 Å². The topological polar surface area (TPSA) is 107 Å². The summed E-state index contributed by atoms with van der Waals surface area (Å²) in [6, 6.07) is 5.35. The number of allylic oxidation sites excluding steroid dienone is 1. The van der Waals surface area contributed by atoms with Crippen LogP contribution in [0, 0.1) is 13.8 Å². The van der Waals surface area contributed by atoms with Crippen molar-refractivity contribution in [2.75, 3.05) is 5.73 Å². The van der Waals surface area contributed by atoms with Crippen LogP contribution in [-0.4, -0.2) is 20.6 Å². The first-order chi connectivity index (χ1) is 11.9. The van der Waals surface area contributed by atoms with Gasteiger partial charge >= 0.3 is 0 Å². The average Bonchev–Trinajstić information content (AvgIpc) is 3.11. The number of phenolic OH excluding ortho intramolecular Hbond substituents is 1. The number of anilines is 1. The Morgan fingerprint density at radius 3 is 2.80 bits per heavy atom. The molecule has 1 amide bonds. The van der Waals surface area contributed by atoms with Gasteiger partial charge in [-0.05, 0) is 37.1 Å². The standard InChI is InChI=1S/C19H18N4O2/c1-9-6-7-14(24)10(2)16(9)23-17(20)15(18(21)25)12-8-11-4-3-5-13(11)22-19(12)23/h3-4,6-8,24H,5,20H2,1-2H3,(H2,21,25). The van der Waals surface area contributed by atoms with Crippen LogP contribution in [-0.2, 0) is 6.42 Å². The quantitative estimate of drug-likeness (QED) is 0.669. The number of fused-ring (bicyclic) bond motifs is 2. The van der Waals surface area contributed by atoms with E-state index < -0.39 is 5.91 Å². The second-order valence-corrected chi connectivity index (χ2v) is 6.34. The summed E-state index contributed by atoms with van der Waals surface area (Å²) in [6.07, 6.45) is 4.74. The smallest absolute Gasteiger partial charge is 0.253 e. The maximum atomic E-state index is 12.1. The van der Waals surface area contributed by atoms with Gasteiger partial charge in [0.1, 0.15) is 17.2 Å². The van der Waals surface area contributed by atoms with Gasteiger partial charge in [0.15, 0.2) is 0 Å². The number of primary amides is 1. The summed E-state index contributed by atoms with van der Waals surface area (Å²) in [5.74, 6) is -0.204. The Hall–Kier alpha value is -3.28. The van der Waals surface area contributed by atoms with Crippen molar-refractivity contribution in [1.29, 1.82) is 0 Å². The molecule has 0 saturated carbocycles. The van der Waals surface area contributed by atoms with Crippen LogP contribution in [0.1, 0.15) is 32.7 Å². The van der Waals surface area contributed by atoms with Gasteiger partial charge in [0.2, 0.25) is 0 Å². The van der Waals surface area contributed by atoms with Gasteiger partial charge in [0.05, 0.1) is 16.9 Å². The van der Waals surface area contributed by atoms with E-state index in [2.05, 4.69) is 0 Å². The zero-order valence-corrected chi connectivity index (χ0v) is 14.0. The van der Waals surface area contributed by atoms with Crippen molar-refractivity contribution in [3.63, 3.8) is 0 Å². The fourth-order valence-corrected chi connectivity index (χ4v) is 3.53. The van der Waals surface area contributed by atoms with Crippen LogP contribution in [0.5, 0.6) is 5.75 Å². The highest BCUT2D eigenvalue weighted by Crippen LogP contribution is 2.37. The van der Waals surface area contributed by atoms with E-state index in [1.807, 2.05) is 38.1 Å². The number of hydrogen-bond donors (Lipinski definition) is 3. The number of rotatable bonds is 2. The molecule has 3 aromatic rings. The molecule has 5 N–H and O–H groups in total. The number of nitrogens with zero attached hydrogens (tertiary/aromatic N) is 2. The molecule has 0 aliphatic heterocycles. The normalized spacial score (nSPS) is 12.7. The Bertz CT molecular complexity index is 1090. The first-order valence-corrected chi connectivity index (χ1v) is 7.99. The monoisotopic (exact) mass is 334 g/mol. The van der Waals surface area contributed by atoms with Crippen molar-refractivity contribution < 1.29 is 9.90 Å². The highest BCUT2D eigenvalue weighted by atomic mass is 16.3. The summed E-state index contributed by atoms with van der Waals surface area (Å²) >= 11 is 0. The Kier molecular flexibility index (Phi) is 3.12. The first-order valence-electron chi connectivity index (χ1n) is 7.99. The molecule has 6 nitrogen and oxygen atoms in total. The van der Waals surface area contributed by atoms with Gasteiger partial charge in [0.25, 0.3) is 5.91 Å². The molecule has 0 saturated heterocycles. The van der Waals surface area contributed by atoms with Gasteiger partial charge in [0, 0.05) is 17.4 Å². The second kappa shape index (κ2) is 5.11. The van der Waals surface area contributed by atoms with E-state index >= 15 is 0 Å². The molecule has 0 bridgehead atoms. The number of pyridine rings is 1. The Morgan fingerprint density at radius 1 is 1.32 bits per heavy atom. The van der Waals surface area contributed by atoms with Crippen LogP contribution in [0.25, 0.3) is 22.8 Å². The van der Waals surface area contributed by atoms with Gasteiger partial charge in [-0.1, -0.05) is 18.2 Å². The summed E-state index contributed by atoms with van der Waals surface area (Å²) in [5, 5.41) is 10.8. The van der Waals surface area contributed by atoms with Gasteiger partial charge in [-0.2, -0.15) is 0 Å². The Morgan fingerprint density at radius 2 is 2.08 bits per heavy atom. The number of nitrogens with two attached hydrogens (primary N) is 2. The fraction of sp³-hybridized carbons (Fsp3) is 0.158. The molecule has 2 aromatic heterocycles. The van der Waals surface area contributed by atoms with Crippen molar-refractivity contribution in [2.24, 2.45) is 5.73 Å². The predicted molar refractivity (Wildman–Crippen MR) is 97.9 cm³/mol. The van der Waals surface area contributed by atoms with Crippen LogP contribution in [0.15, 0.2) is 24.3 Å². The maximum absolute atomic E-state index is 12.1. The molecular weight excluding hydrogens is 316 g/mol. The van der Waals surface area contributed by atoms with E-state index in [1.54, 1.807) is 10.6 Å². The zero-order chi connectivity index (χ0) is 17.9. The van der Waals surface area contributed by atoms with Gasteiger partial charge in [-0.25, -0.2) is 4.98 Å². The van der Waals surface area contributed by atoms with Crippen molar-refractivity contribution in [2.45, 2.75) is 20.3 Å². The molecule has 0 atom stereocenters. The molecule has 0 unspecified atom stereocenters. The van der Waals surface area contributed by atoms with Crippen molar-refractivity contribution >= 4 is 28.8 Å². The predicted octanol–water partition coefficient (Wildman–Crippen LogP) is 2.60. The van der Waals surface area contributed by atoms with Crippen molar-refractivity contribution in [3.05, 3.63) is 52.2 Å².